The number of amides is 2. The molecule has 0 atom stereocenters. The van der Waals surface area contributed by atoms with Crippen LogP contribution in [0.4, 0.5) is 5.00 Å². The van der Waals surface area contributed by atoms with E-state index in [0.29, 0.717) is 34.6 Å². The maximum Gasteiger partial charge on any atom is 0.325 e. The van der Waals surface area contributed by atoms with Crippen LogP contribution < -0.4 is 10.6 Å². The number of benzene rings is 1. The number of carbonyl (C=O) groups excluding carboxylic acids is 3. The van der Waals surface area contributed by atoms with Crippen LogP contribution in [0, 0.1) is 5.92 Å². The lowest BCUT2D eigenvalue weighted by atomic mass is 10.0. The molecule has 1 aliphatic rings. The van der Waals surface area contributed by atoms with E-state index in [1.807, 2.05) is 12.1 Å². The second kappa shape index (κ2) is 9.01. The number of nitrogens with one attached hydrogen (secondary N) is 2. The standard InChI is InChI=1S/C21H24N2O4S/c1-13(2)15-5-7-16(8-6-15)19(25)23-21-17(9-10-28-21)20(26)22-11-18(24)27-12-14-3-4-14/h5-10,13-14H,3-4,11-12H2,1-2H3,(H,22,26)(H,23,25). The fourth-order valence-electron chi connectivity index (χ4n) is 2.57. The molecule has 7 heteroatoms. The van der Waals surface area contributed by atoms with Crippen molar-refractivity contribution in [3.05, 3.63) is 52.4 Å². The number of thiophene rings is 1. The average Bonchev–Trinajstić information content (AvgIpc) is 3.41. The Balaban J connectivity index is 1.55. The second-order valence-corrected chi connectivity index (χ2v) is 8.12. The molecular weight excluding hydrogens is 376 g/mol. The molecule has 28 heavy (non-hydrogen) atoms. The molecule has 3 rings (SSSR count). The Morgan fingerprint density at radius 3 is 2.46 bits per heavy atom. The Kier molecular flexibility index (Phi) is 6.46. The van der Waals surface area contributed by atoms with E-state index in [-0.39, 0.29) is 12.5 Å². The van der Waals surface area contributed by atoms with Gasteiger partial charge in [0.05, 0.1) is 12.2 Å². The van der Waals surface area contributed by atoms with Gasteiger partial charge in [0.2, 0.25) is 0 Å². The minimum atomic E-state index is -0.452. The van der Waals surface area contributed by atoms with E-state index in [1.165, 1.54) is 11.3 Å². The highest BCUT2D eigenvalue weighted by molar-refractivity contribution is 7.14. The molecule has 0 saturated heterocycles. The molecule has 1 aliphatic carbocycles. The first-order valence-electron chi connectivity index (χ1n) is 9.36. The van der Waals surface area contributed by atoms with Gasteiger partial charge in [-0.2, -0.15) is 0 Å². The van der Waals surface area contributed by atoms with Crippen molar-refractivity contribution in [1.82, 2.24) is 5.32 Å². The monoisotopic (exact) mass is 400 g/mol. The van der Waals surface area contributed by atoms with Gasteiger partial charge in [-0.15, -0.1) is 11.3 Å². The largest absolute Gasteiger partial charge is 0.464 e. The van der Waals surface area contributed by atoms with Gasteiger partial charge < -0.3 is 15.4 Å². The van der Waals surface area contributed by atoms with Crippen molar-refractivity contribution < 1.29 is 19.1 Å². The van der Waals surface area contributed by atoms with Crippen molar-refractivity contribution in [3.63, 3.8) is 0 Å². The summed E-state index contributed by atoms with van der Waals surface area (Å²) in [5.74, 6) is -0.286. The molecule has 148 valence electrons. The predicted molar refractivity (Wildman–Crippen MR) is 109 cm³/mol. The van der Waals surface area contributed by atoms with Gasteiger partial charge >= 0.3 is 5.97 Å². The van der Waals surface area contributed by atoms with E-state index < -0.39 is 11.9 Å². The first kappa shape index (κ1) is 20.1. The summed E-state index contributed by atoms with van der Waals surface area (Å²) in [5.41, 5.74) is 2.00. The van der Waals surface area contributed by atoms with E-state index >= 15 is 0 Å². The first-order valence-corrected chi connectivity index (χ1v) is 10.2. The quantitative estimate of drug-likeness (QED) is 0.660. The minimum Gasteiger partial charge on any atom is -0.464 e. The van der Waals surface area contributed by atoms with E-state index in [2.05, 4.69) is 24.5 Å². The van der Waals surface area contributed by atoms with Crippen LogP contribution >= 0.6 is 11.3 Å². The molecule has 1 heterocycles. The molecule has 2 N–H and O–H groups in total. The summed E-state index contributed by atoms with van der Waals surface area (Å²) in [6.45, 7) is 4.41. The minimum absolute atomic E-state index is 0.189. The van der Waals surface area contributed by atoms with E-state index in [1.54, 1.807) is 23.6 Å². The maximum atomic E-state index is 12.5. The Morgan fingerprint density at radius 1 is 1.11 bits per heavy atom. The van der Waals surface area contributed by atoms with Crippen molar-refractivity contribution >= 4 is 34.1 Å². The molecule has 1 aromatic heterocycles. The van der Waals surface area contributed by atoms with Crippen LogP contribution in [0.2, 0.25) is 0 Å². The summed E-state index contributed by atoms with van der Waals surface area (Å²) < 4.78 is 5.09. The molecule has 1 aromatic carbocycles. The predicted octanol–water partition coefficient (Wildman–Crippen LogP) is 3.81. The third kappa shape index (κ3) is 5.42. The summed E-state index contributed by atoms with van der Waals surface area (Å²) in [5, 5.41) is 7.49. The third-order valence-corrected chi connectivity index (χ3v) is 5.38. The first-order chi connectivity index (χ1) is 13.4. The van der Waals surface area contributed by atoms with Gasteiger partial charge in [0.25, 0.3) is 11.8 Å². The molecule has 0 bridgehead atoms. The van der Waals surface area contributed by atoms with Gasteiger partial charge in [-0.3, -0.25) is 14.4 Å². The summed E-state index contributed by atoms with van der Waals surface area (Å²) >= 11 is 1.26. The zero-order valence-corrected chi connectivity index (χ0v) is 16.8. The smallest absolute Gasteiger partial charge is 0.325 e. The van der Waals surface area contributed by atoms with Crippen LogP contribution in [-0.4, -0.2) is 30.9 Å². The zero-order chi connectivity index (χ0) is 20.1. The van der Waals surface area contributed by atoms with Crippen LogP contribution in [0.1, 0.15) is 58.9 Å². The Morgan fingerprint density at radius 2 is 1.82 bits per heavy atom. The maximum absolute atomic E-state index is 12.5. The lowest BCUT2D eigenvalue weighted by molar-refractivity contribution is -0.142. The van der Waals surface area contributed by atoms with Crippen LogP contribution in [0.3, 0.4) is 0 Å². The van der Waals surface area contributed by atoms with Crippen molar-refractivity contribution in [2.75, 3.05) is 18.5 Å². The molecule has 0 aliphatic heterocycles. The molecule has 0 spiro atoms. The number of carbonyl (C=O) groups is 3. The Hall–Kier alpha value is -2.67. The van der Waals surface area contributed by atoms with Gasteiger partial charge in [-0.25, -0.2) is 0 Å². The van der Waals surface area contributed by atoms with E-state index in [0.717, 1.165) is 18.4 Å². The van der Waals surface area contributed by atoms with Crippen LogP contribution in [-0.2, 0) is 9.53 Å². The number of anilines is 1. The van der Waals surface area contributed by atoms with Crippen molar-refractivity contribution in [1.29, 1.82) is 0 Å². The fraction of sp³-hybridized carbons (Fsp3) is 0.381. The SMILES string of the molecule is CC(C)c1ccc(C(=O)Nc2sccc2C(=O)NCC(=O)OCC2CC2)cc1. The molecule has 6 nitrogen and oxygen atoms in total. The number of esters is 1. The third-order valence-electron chi connectivity index (χ3n) is 4.55. The van der Waals surface area contributed by atoms with Gasteiger partial charge in [0, 0.05) is 5.56 Å². The topological polar surface area (TPSA) is 84.5 Å². The van der Waals surface area contributed by atoms with E-state index in [9.17, 15) is 14.4 Å². The number of hydrogen-bond donors (Lipinski definition) is 2. The fourth-order valence-corrected chi connectivity index (χ4v) is 3.35. The summed E-state index contributed by atoms with van der Waals surface area (Å²) in [7, 11) is 0. The lowest BCUT2D eigenvalue weighted by Gasteiger charge is -2.09. The molecule has 0 radical (unpaired) electrons. The molecule has 1 fully saturated rings. The Bertz CT molecular complexity index is 854. The van der Waals surface area contributed by atoms with Gasteiger partial charge in [0.15, 0.2) is 0 Å². The summed E-state index contributed by atoms with van der Waals surface area (Å²) in [6.07, 6.45) is 2.19. The number of rotatable bonds is 8. The average molecular weight is 401 g/mol. The van der Waals surface area contributed by atoms with Crippen LogP contribution in [0.5, 0.6) is 0 Å². The number of ether oxygens (including phenoxy) is 1. The Labute approximate surface area is 168 Å². The summed E-state index contributed by atoms with van der Waals surface area (Å²) in [4.78, 5) is 36.5. The normalized spacial score (nSPS) is 13.2. The number of hydrogen-bond acceptors (Lipinski definition) is 5. The highest BCUT2D eigenvalue weighted by atomic mass is 32.1. The van der Waals surface area contributed by atoms with Crippen molar-refractivity contribution in [3.8, 4) is 0 Å². The highest BCUT2D eigenvalue weighted by Gasteiger charge is 2.23. The molecule has 1 saturated carbocycles. The molecule has 2 amide bonds. The van der Waals surface area contributed by atoms with Crippen LogP contribution in [0.25, 0.3) is 0 Å². The lowest BCUT2D eigenvalue weighted by Crippen LogP contribution is -2.31. The molecular formula is C21H24N2O4S. The van der Waals surface area contributed by atoms with E-state index in [4.69, 9.17) is 4.74 Å². The summed E-state index contributed by atoms with van der Waals surface area (Å²) in [6, 6.07) is 9.01. The van der Waals surface area contributed by atoms with Crippen molar-refractivity contribution in [2.24, 2.45) is 5.92 Å². The highest BCUT2D eigenvalue weighted by Crippen LogP contribution is 2.28. The van der Waals surface area contributed by atoms with Gasteiger partial charge in [-0.1, -0.05) is 26.0 Å². The zero-order valence-electron chi connectivity index (χ0n) is 16.0. The van der Waals surface area contributed by atoms with Crippen molar-refractivity contribution in [2.45, 2.75) is 32.6 Å². The molecule has 0 unspecified atom stereocenters. The van der Waals surface area contributed by atoms with Gasteiger partial charge in [0.1, 0.15) is 11.5 Å². The molecule has 2 aromatic rings. The van der Waals surface area contributed by atoms with Crippen LogP contribution in [0.15, 0.2) is 35.7 Å². The van der Waals surface area contributed by atoms with Gasteiger partial charge in [-0.05, 0) is 53.8 Å². The second-order valence-electron chi connectivity index (χ2n) is 7.20.